The predicted octanol–water partition coefficient (Wildman–Crippen LogP) is 1.96. The molecule has 18 heavy (non-hydrogen) atoms. The molecule has 0 aliphatic carbocycles. The van der Waals surface area contributed by atoms with E-state index in [4.69, 9.17) is 0 Å². The summed E-state index contributed by atoms with van der Waals surface area (Å²) in [4.78, 5) is 4.86. The van der Waals surface area contributed by atoms with Crippen LogP contribution in [0.4, 0.5) is 0 Å². The van der Waals surface area contributed by atoms with Gasteiger partial charge in [-0.15, -0.1) is 0 Å². The molecule has 0 radical (unpaired) electrons. The normalized spacial score (nSPS) is 19.1. The van der Waals surface area contributed by atoms with E-state index in [2.05, 4.69) is 69.4 Å². The zero-order valence-electron chi connectivity index (χ0n) is 11.2. The van der Waals surface area contributed by atoms with Gasteiger partial charge in [0.15, 0.2) is 0 Å². The smallest absolute Gasteiger partial charge is 0.0469 e. The molecule has 0 aromatic heterocycles. The third-order valence-electron chi connectivity index (χ3n) is 3.52. The summed E-state index contributed by atoms with van der Waals surface area (Å²) in [6.45, 7) is 5.64. The Morgan fingerprint density at radius 3 is 2.39 bits per heavy atom. The Balaban J connectivity index is 2.05. The molecule has 0 amide bonds. The summed E-state index contributed by atoms with van der Waals surface area (Å²) < 4.78 is 1.14. The standard InChI is InChI=1S/C14H22BrN3/c1-17(2)14(11-18-9-7-16-8-10-18)12-3-5-13(15)6-4-12/h3-6,14,16H,7-11H2,1-2H3. The molecule has 1 N–H and O–H groups in total. The van der Waals surface area contributed by atoms with Crippen molar-refractivity contribution in [2.75, 3.05) is 46.8 Å². The first-order chi connectivity index (χ1) is 8.66. The van der Waals surface area contributed by atoms with Gasteiger partial charge in [0.25, 0.3) is 0 Å². The second kappa shape index (κ2) is 6.66. The highest BCUT2D eigenvalue weighted by Crippen LogP contribution is 2.21. The molecule has 2 rings (SSSR count). The molecule has 4 heteroatoms. The lowest BCUT2D eigenvalue weighted by molar-refractivity contribution is 0.168. The Hall–Kier alpha value is -0.420. The molecule has 1 aromatic carbocycles. The third kappa shape index (κ3) is 3.79. The highest BCUT2D eigenvalue weighted by atomic mass is 79.9. The molecular formula is C14H22BrN3. The summed E-state index contributed by atoms with van der Waals surface area (Å²) >= 11 is 3.50. The summed E-state index contributed by atoms with van der Waals surface area (Å²) in [6, 6.07) is 9.16. The Bertz CT molecular complexity index is 358. The van der Waals surface area contributed by atoms with Gasteiger partial charge in [-0.2, -0.15) is 0 Å². The van der Waals surface area contributed by atoms with Crippen molar-refractivity contribution >= 4 is 15.9 Å². The van der Waals surface area contributed by atoms with Crippen molar-refractivity contribution in [2.45, 2.75) is 6.04 Å². The van der Waals surface area contributed by atoms with Crippen molar-refractivity contribution in [3.05, 3.63) is 34.3 Å². The van der Waals surface area contributed by atoms with Gasteiger partial charge in [0.05, 0.1) is 0 Å². The van der Waals surface area contributed by atoms with Crippen molar-refractivity contribution in [1.82, 2.24) is 15.1 Å². The van der Waals surface area contributed by atoms with Crippen LogP contribution in [0.5, 0.6) is 0 Å². The Morgan fingerprint density at radius 2 is 1.83 bits per heavy atom. The minimum atomic E-state index is 0.469. The third-order valence-corrected chi connectivity index (χ3v) is 4.05. The van der Waals surface area contributed by atoms with Crippen LogP contribution in [-0.2, 0) is 0 Å². The summed E-state index contributed by atoms with van der Waals surface area (Å²) in [5, 5.41) is 3.40. The summed E-state index contributed by atoms with van der Waals surface area (Å²) in [6.07, 6.45) is 0. The maximum Gasteiger partial charge on any atom is 0.0469 e. The molecule has 0 bridgehead atoms. The molecule has 1 unspecified atom stereocenters. The van der Waals surface area contributed by atoms with Crippen molar-refractivity contribution in [1.29, 1.82) is 0 Å². The first-order valence-electron chi connectivity index (χ1n) is 6.52. The second-order valence-corrected chi connectivity index (χ2v) is 6.00. The lowest BCUT2D eigenvalue weighted by Crippen LogP contribution is -2.46. The number of nitrogens with one attached hydrogen (secondary N) is 1. The topological polar surface area (TPSA) is 18.5 Å². The van der Waals surface area contributed by atoms with E-state index in [0.29, 0.717) is 6.04 Å². The second-order valence-electron chi connectivity index (χ2n) is 5.08. The molecule has 0 saturated carbocycles. The van der Waals surface area contributed by atoms with Crippen LogP contribution in [0.25, 0.3) is 0 Å². The molecule has 0 spiro atoms. The van der Waals surface area contributed by atoms with Crippen LogP contribution in [0.3, 0.4) is 0 Å². The molecule has 100 valence electrons. The van der Waals surface area contributed by atoms with Gasteiger partial charge in [0.2, 0.25) is 0 Å². The van der Waals surface area contributed by atoms with Crippen molar-refractivity contribution < 1.29 is 0 Å². The predicted molar refractivity (Wildman–Crippen MR) is 79.9 cm³/mol. The molecule has 1 aliphatic rings. The van der Waals surface area contributed by atoms with Crippen LogP contribution in [-0.4, -0.2) is 56.6 Å². The number of hydrogen-bond donors (Lipinski definition) is 1. The summed E-state index contributed by atoms with van der Waals surface area (Å²) in [7, 11) is 4.32. The average molecular weight is 312 g/mol. The molecule has 1 atom stereocenters. The number of piperazine rings is 1. The van der Waals surface area contributed by atoms with Gasteiger partial charge in [0, 0.05) is 43.2 Å². The van der Waals surface area contributed by atoms with Gasteiger partial charge in [-0.1, -0.05) is 28.1 Å². The fourth-order valence-corrected chi connectivity index (χ4v) is 2.65. The molecule has 1 aliphatic heterocycles. The maximum absolute atomic E-state index is 3.50. The van der Waals surface area contributed by atoms with Crippen LogP contribution < -0.4 is 5.32 Å². The molecule has 1 heterocycles. The minimum absolute atomic E-state index is 0.469. The van der Waals surface area contributed by atoms with Crippen LogP contribution in [0, 0.1) is 0 Å². The van der Waals surface area contributed by atoms with Crippen LogP contribution in [0.2, 0.25) is 0 Å². The fraction of sp³-hybridized carbons (Fsp3) is 0.571. The molecule has 3 nitrogen and oxygen atoms in total. The molecule has 1 fully saturated rings. The Morgan fingerprint density at radius 1 is 1.22 bits per heavy atom. The zero-order chi connectivity index (χ0) is 13.0. The number of hydrogen-bond acceptors (Lipinski definition) is 3. The number of likely N-dealkylation sites (N-methyl/N-ethyl adjacent to an activating group) is 1. The number of rotatable bonds is 4. The lowest BCUT2D eigenvalue weighted by atomic mass is 10.1. The highest BCUT2D eigenvalue weighted by molar-refractivity contribution is 9.10. The maximum atomic E-state index is 3.50. The molecule has 1 saturated heterocycles. The van der Waals surface area contributed by atoms with Crippen LogP contribution in [0.15, 0.2) is 28.7 Å². The van der Waals surface area contributed by atoms with E-state index in [-0.39, 0.29) is 0 Å². The van der Waals surface area contributed by atoms with Crippen LogP contribution >= 0.6 is 15.9 Å². The fourth-order valence-electron chi connectivity index (χ4n) is 2.39. The van der Waals surface area contributed by atoms with Gasteiger partial charge in [0.1, 0.15) is 0 Å². The average Bonchev–Trinajstić information content (AvgIpc) is 2.38. The minimum Gasteiger partial charge on any atom is -0.314 e. The SMILES string of the molecule is CN(C)C(CN1CCNCC1)c1ccc(Br)cc1. The van der Waals surface area contributed by atoms with Crippen LogP contribution in [0.1, 0.15) is 11.6 Å². The first-order valence-corrected chi connectivity index (χ1v) is 7.31. The number of nitrogens with zero attached hydrogens (tertiary/aromatic N) is 2. The van der Waals surface area contributed by atoms with Gasteiger partial charge in [-0.05, 0) is 31.8 Å². The van der Waals surface area contributed by atoms with E-state index in [1.165, 1.54) is 5.56 Å². The lowest BCUT2D eigenvalue weighted by Gasteiger charge is -2.34. The van der Waals surface area contributed by atoms with Gasteiger partial charge in [-0.25, -0.2) is 0 Å². The Kier molecular flexibility index (Phi) is 5.18. The van der Waals surface area contributed by atoms with E-state index in [1.54, 1.807) is 0 Å². The van der Waals surface area contributed by atoms with Crippen molar-refractivity contribution in [3.63, 3.8) is 0 Å². The first kappa shape index (κ1) is 14.0. The van der Waals surface area contributed by atoms with Crippen molar-refractivity contribution in [2.24, 2.45) is 0 Å². The summed E-state index contributed by atoms with van der Waals surface area (Å²) in [5.41, 5.74) is 1.39. The monoisotopic (exact) mass is 311 g/mol. The van der Waals surface area contributed by atoms with E-state index < -0.39 is 0 Å². The summed E-state index contributed by atoms with van der Waals surface area (Å²) in [5.74, 6) is 0. The number of halogens is 1. The van der Waals surface area contributed by atoms with E-state index in [0.717, 1.165) is 37.2 Å². The molecular weight excluding hydrogens is 290 g/mol. The molecule has 1 aromatic rings. The Labute approximate surface area is 118 Å². The highest BCUT2D eigenvalue weighted by Gasteiger charge is 2.19. The van der Waals surface area contributed by atoms with Gasteiger partial charge < -0.3 is 10.2 Å². The van der Waals surface area contributed by atoms with Gasteiger partial charge in [-0.3, -0.25) is 4.90 Å². The quantitative estimate of drug-likeness (QED) is 0.917. The zero-order valence-corrected chi connectivity index (χ0v) is 12.8. The van der Waals surface area contributed by atoms with E-state index in [1.807, 2.05) is 0 Å². The van der Waals surface area contributed by atoms with E-state index >= 15 is 0 Å². The van der Waals surface area contributed by atoms with Gasteiger partial charge >= 0.3 is 0 Å². The number of benzene rings is 1. The van der Waals surface area contributed by atoms with Crippen molar-refractivity contribution in [3.8, 4) is 0 Å². The van der Waals surface area contributed by atoms with E-state index in [9.17, 15) is 0 Å². The largest absolute Gasteiger partial charge is 0.314 e.